The van der Waals surface area contributed by atoms with Gasteiger partial charge in [-0.15, -0.1) is 0 Å². The fourth-order valence-electron chi connectivity index (χ4n) is 1.17. The van der Waals surface area contributed by atoms with Gasteiger partial charge in [-0.1, -0.05) is 0 Å². The number of hydrogen-bond acceptors (Lipinski definition) is 2. The molecule has 4 heteroatoms. The monoisotopic (exact) mass is 176 g/mol. The maximum atomic E-state index is 4.04. The minimum Gasteiger partial charge on any atom is -0.336 e. The Kier molecular flexibility index (Phi) is 2.04. The Morgan fingerprint density at radius 2 is 2.15 bits per heavy atom. The van der Waals surface area contributed by atoms with E-state index in [0.717, 1.165) is 12.2 Å². The molecule has 0 aliphatic carbocycles. The van der Waals surface area contributed by atoms with Gasteiger partial charge in [-0.25, -0.2) is 4.98 Å². The first-order valence-corrected chi connectivity index (χ1v) is 4.18. The number of nitrogens with zero attached hydrogens (tertiary/aromatic N) is 3. The van der Waals surface area contributed by atoms with Crippen LogP contribution in [0.1, 0.15) is 5.69 Å². The molecule has 2 aromatic rings. The number of hydrogen-bond donors (Lipinski definition) is 1. The van der Waals surface area contributed by atoms with E-state index in [9.17, 15) is 0 Å². The van der Waals surface area contributed by atoms with Crippen molar-refractivity contribution in [1.82, 2.24) is 14.2 Å². The molecule has 0 unspecified atom stereocenters. The van der Waals surface area contributed by atoms with Crippen molar-refractivity contribution in [2.45, 2.75) is 6.54 Å². The van der Waals surface area contributed by atoms with Crippen LogP contribution in [0.15, 0.2) is 37.1 Å². The molecule has 1 N–H and O–H groups in total. The lowest BCUT2D eigenvalue weighted by molar-refractivity contribution is 0.774. The standard InChI is InChI=1S/C9H12N4/c1-12-8-10-6-9(12)7-11-13-4-2-3-5-13/h2-6,8,11H,7H2,1H3. The van der Waals surface area contributed by atoms with Crippen molar-refractivity contribution in [3.8, 4) is 0 Å². The SMILES string of the molecule is Cn1cncc1CNn1cccc1. The normalized spacial score (nSPS) is 10.2. The minimum absolute atomic E-state index is 0.783. The van der Waals surface area contributed by atoms with Gasteiger partial charge in [0, 0.05) is 25.6 Å². The van der Waals surface area contributed by atoms with Gasteiger partial charge in [0.1, 0.15) is 0 Å². The molecule has 0 saturated carbocycles. The van der Waals surface area contributed by atoms with E-state index in [1.54, 1.807) is 6.33 Å². The molecule has 0 radical (unpaired) electrons. The lowest BCUT2D eigenvalue weighted by atomic mass is 10.5. The fraction of sp³-hybridized carbons (Fsp3) is 0.222. The van der Waals surface area contributed by atoms with Crippen LogP contribution in [0.4, 0.5) is 0 Å². The maximum Gasteiger partial charge on any atom is 0.0946 e. The molecule has 0 aromatic carbocycles. The van der Waals surface area contributed by atoms with E-state index < -0.39 is 0 Å². The Morgan fingerprint density at radius 1 is 1.38 bits per heavy atom. The maximum absolute atomic E-state index is 4.04. The first-order chi connectivity index (χ1) is 6.36. The molecule has 2 rings (SSSR count). The second-order valence-electron chi connectivity index (χ2n) is 2.92. The number of rotatable bonds is 3. The molecule has 0 aliphatic heterocycles. The molecule has 0 saturated heterocycles. The van der Waals surface area contributed by atoms with Crippen LogP contribution >= 0.6 is 0 Å². The van der Waals surface area contributed by atoms with E-state index in [2.05, 4.69) is 10.4 Å². The molecule has 0 amide bonds. The van der Waals surface area contributed by atoms with Crippen LogP contribution < -0.4 is 5.43 Å². The summed E-state index contributed by atoms with van der Waals surface area (Å²) in [5.41, 5.74) is 4.38. The van der Waals surface area contributed by atoms with Gasteiger partial charge in [0.25, 0.3) is 0 Å². The third-order valence-corrected chi connectivity index (χ3v) is 1.96. The van der Waals surface area contributed by atoms with Crippen LogP contribution in [0.5, 0.6) is 0 Å². The molecule has 0 atom stereocenters. The second-order valence-corrected chi connectivity index (χ2v) is 2.92. The number of imidazole rings is 1. The van der Waals surface area contributed by atoms with Crippen LogP contribution in [0.2, 0.25) is 0 Å². The lowest BCUT2D eigenvalue weighted by Gasteiger charge is -2.07. The molecule has 4 nitrogen and oxygen atoms in total. The zero-order valence-corrected chi connectivity index (χ0v) is 7.51. The van der Waals surface area contributed by atoms with Gasteiger partial charge >= 0.3 is 0 Å². The van der Waals surface area contributed by atoms with Crippen molar-refractivity contribution in [1.29, 1.82) is 0 Å². The van der Waals surface area contributed by atoms with Gasteiger partial charge in [0.05, 0.1) is 18.6 Å². The van der Waals surface area contributed by atoms with E-state index >= 15 is 0 Å². The van der Waals surface area contributed by atoms with Crippen molar-refractivity contribution in [2.24, 2.45) is 7.05 Å². The third-order valence-electron chi connectivity index (χ3n) is 1.96. The van der Waals surface area contributed by atoms with Crippen LogP contribution in [0.25, 0.3) is 0 Å². The van der Waals surface area contributed by atoms with E-state index in [1.165, 1.54) is 0 Å². The Balaban J connectivity index is 1.97. The summed E-state index contributed by atoms with van der Waals surface area (Å²) in [5.74, 6) is 0. The summed E-state index contributed by atoms with van der Waals surface area (Å²) in [6.07, 6.45) is 7.59. The van der Waals surface area contributed by atoms with E-state index in [1.807, 2.05) is 47.0 Å². The van der Waals surface area contributed by atoms with Gasteiger partial charge in [-0.2, -0.15) is 0 Å². The molecule has 0 bridgehead atoms. The Hall–Kier alpha value is -1.71. The smallest absolute Gasteiger partial charge is 0.0946 e. The summed E-state index contributed by atoms with van der Waals surface area (Å²) < 4.78 is 3.92. The zero-order valence-electron chi connectivity index (χ0n) is 7.51. The van der Waals surface area contributed by atoms with Gasteiger partial charge in [-0.05, 0) is 12.1 Å². The van der Waals surface area contributed by atoms with E-state index in [0.29, 0.717) is 0 Å². The number of nitrogens with one attached hydrogen (secondary N) is 1. The molecular formula is C9H12N4. The average molecular weight is 176 g/mol. The highest BCUT2D eigenvalue weighted by atomic mass is 15.4. The second kappa shape index (κ2) is 3.35. The van der Waals surface area contributed by atoms with Crippen molar-refractivity contribution >= 4 is 0 Å². The summed E-state index contributed by atoms with van der Waals surface area (Å²) in [6.45, 7) is 0.783. The molecule has 2 heterocycles. The Labute approximate surface area is 76.8 Å². The zero-order chi connectivity index (χ0) is 9.10. The van der Waals surface area contributed by atoms with Crippen molar-refractivity contribution < 1.29 is 0 Å². The minimum atomic E-state index is 0.783. The highest BCUT2D eigenvalue weighted by molar-refractivity contribution is 5.01. The number of aryl methyl sites for hydroxylation is 1. The van der Waals surface area contributed by atoms with Crippen molar-refractivity contribution in [3.05, 3.63) is 42.7 Å². The van der Waals surface area contributed by atoms with Gasteiger partial charge in [0.2, 0.25) is 0 Å². The molecular weight excluding hydrogens is 164 g/mol. The van der Waals surface area contributed by atoms with Crippen molar-refractivity contribution in [2.75, 3.05) is 5.43 Å². The lowest BCUT2D eigenvalue weighted by Crippen LogP contribution is -2.13. The summed E-state index contributed by atoms with van der Waals surface area (Å²) in [4.78, 5) is 4.04. The predicted molar refractivity (Wildman–Crippen MR) is 50.7 cm³/mol. The molecule has 0 spiro atoms. The van der Waals surface area contributed by atoms with Crippen molar-refractivity contribution in [3.63, 3.8) is 0 Å². The first kappa shape index (κ1) is 7.91. The molecule has 2 aromatic heterocycles. The first-order valence-electron chi connectivity index (χ1n) is 4.18. The predicted octanol–water partition coefficient (Wildman–Crippen LogP) is 0.965. The molecule has 0 fully saturated rings. The van der Waals surface area contributed by atoms with Crippen LogP contribution in [0, 0.1) is 0 Å². The van der Waals surface area contributed by atoms with Gasteiger partial charge in [-0.3, -0.25) is 4.68 Å². The average Bonchev–Trinajstić information content (AvgIpc) is 2.72. The third kappa shape index (κ3) is 1.72. The Bertz CT molecular complexity index is 361. The largest absolute Gasteiger partial charge is 0.336 e. The van der Waals surface area contributed by atoms with Crippen LogP contribution in [0.3, 0.4) is 0 Å². The fourth-order valence-corrected chi connectivity index (χ4v) is 1.17. The molecule has 0 aliphatic rings. The highest BCUT2D eigenvalue weighted by Crippen LogP contribution is 1.96. The van der Waals surface area contributed by atoms with Gasteiger partial charge < -0.3 is 9.99 Å². The molecule has 13 heavy (non-hydrogen) atoms. The van der Waals surface area contributed by atoms with Crippen LogP contribution in [-0.4, -0.2) is 14.2 Å². The topological polar surface area (TPSA) is 34.8 Å². The van der Waals surface area contributed by atoms with Gasteiger partial charge in [0.15, 0.2) is 0 Å². The number of aromatic nitrogens is 3. The summed E-state index contributed by atoms with van der Waals surface area (Å²) >= 11 is 0. The van der Waals surface area contributed by atoms with E-state index in [4.69, 9.17) is 0 Å². The molecule has 68 valence electrons. The highest BCUT2D eigenvalue weighted by Gasteiger charge is 1.96. The Morgan fingerprint density at radius 3 is 2.77 bits per heavy atom. The summed E-state index contributed by atoms with van der Waals surface area (Å²) in [7, 11) is 1.99. The summed E-state index contributed by atoms with van der Waals surface area (Å²) in [6, 6.07) is 3.96. The summed E-state index contributed by atoms with van der Waals surface area (Å²) in [5, 5.41) is 0. The van der Waals surface area contributed by atoms with E-state index in [-0.39, 0.29) is 0 Å². The van der Waals surface area contributed by atoms with Crippen LogP contribution in [-0.2, 0) is 13.6 Å². The quantitative estimate of drug-likeness (QED) is 0.756.